The molecule has 2 aliphatic carbocycles. The fourth-order valence-electron chi connectivity index (χ4n) is 5.07. The first-order valence-corrected chi connectivity index (χ1v) is 12.1. The number of nitrogens with one attached hydrogen (secondary N) is 2. The van der Waals surface area contributed by atoms with Crippen LogP contribution in [0.15, 0.2) is 68.4 Å². The molecular weight excluding hydrogens is 431 g/mol. The number of halogens is 1. The summed E-state index contributed by atoms with van der Waals surface area (Å²) in [7, 11) is -3.70. The van der Waals surface area contributed by atoms with E-state index in [1.54, 1.807) is 26.0 Å². The lowest BCUT2D eigenvalue weighted by Crippen LogP contribution is -2.32. The minimum atomic E-state index is -3.70. The molecule has 0 bridgehead atoms. The number of aromatic nitrogens is 1. The highest BCUT2D eigenvalue weighted by Gasteiger charge is 2.38. The highest BCUT2D eigenvalue weighted by molar-refractivity contribution is 7.89. The number of hydrogen-bond donors (Lipinski definition) is 2. The topological polar surface area (TPSA) is 87.5 Å². The average Bonchev–Trinajstić information content (AvgIpc) is 3.45. The Bertz CT molecular complexity index is 1260. The number of aryl methyl sites for hydroxylation is 2. The minimum Gasteiger partial charge on any atom is -0.360 e. The maximum absolute atomic E-state index is 13.3. The summed E-state index contributed by atoms with van der Waals surface area (Å²) in [6.07, 6.45) is 5.94. The van der Waals surface area contributed by atoms with Gasteiger partial charge >= 0.3 is 0 Å². The molecule has 7 nitrogen and oxygen atoms in total. The molecule has 2 N–H and O–H groups in total. The van der Waals surface area contributed by atoms with Crippen LogP contribution in [0, 0.1) is 31.5 Å². The largest absolute Gasteiger partial charge is 0.360 e. The predicted octanol–water partition coefficient (Wildman–Crippen LogP) is 3.86. The number of hydrogen-bond acceptors (Lipinski definition) is 6. The van der Waals surface area contributed by atoms with Crippen molar-refractivity contribution in [2.45, 2.75) is 38.5 Å². The van der Waals surface area contributed by atoms with E-state index in [4.69, 9.17) is 4.52 Å². The van der Waals surface area contributed by atoms with Gasteiger partial charge < -0.3 is 9.95 Å². The van der Waals surface area contributed by atoms with Gasteiger partial charge in [-0.05, 0) is 68.5 Å². The summed E-state index contributed by atoms with van der Waals surface area (Å²) in [6.45, 7) is 5.72. The van der Waals surface area contributed by atoms with Crippen molar-refractivity contribution >= 4 is 15.7 Å². The third-order valence-corrected chi connectivity index (χ3v) is 8.21. The van der Waals surface area contributed by atoms with Gasteiger partial charge in [0.05, 0.1) is 11.4 Å². The van der Waals surface area contributed by atoms with Crippen LogP contribution in [0.4, 0.5) is 10.1 Å². The highest BCUT2D eigenvalue weighted by atomic mass is 32.2. The number of fused-ring (bicyclic) bond motifs is 1. The SMILES string of the molecule is Cc1noc(C)c1S(=O)(=O)NC[C@H]1CCC2=C1[C@@H](C)C1=CNN(c3ccc(F)cc3)C1=C2. The summed E-state index contributed by atoms with van der Waals surface area (Å²) in [5.74, 6) is 0.297. The van der Waals surface area contributed by atoms with E-state index in [-0.39, 0.29) is 22.5 Å². The molecule has 32 heavy (non-hydrogen) atoms. The first-order valence-electron chi connectivity index (χ1n) is 10.7. The average molecular weight is 457 g/mol. The molecule has 5 rings (SSSR count). The van der Waals surface area contributed by atoms with Crippen LogP contribution < -0.4 is 15.2 Å². The van der Waals surface area contributed by atoms with Gasteiger partial charge in [0, 0.05) is 24.2 Å². The van der Waals surface area contributed by atoms with E-state index in [0.717, 1.165) is 29.8 Å². The van der Waals surface area contributed by atoms with E-state index in [1.807, 2.05) is 11.2 Å². The molecule has 0 amide bonds. The van der Waals surface area contributed by atoms with Gasteiger partial charge in [-0.1, -0.05) is 17.7 Å². The lowest BCUT2D eigenvalue weighted by atomic mass is 9.80. The van der Waals surface area contributed by atoms with Crippen LogP contribution in [0.25, 0.3) is 0 Å². The highest BCUT2D eigenvalue weighted by Crippen LogP contribution is 2.47. The molecule has 0 spiro atoms. The third-order valence-electron chi connectivity index (χ3n) is 6.54. The molecule has 2 heterocycles. The number of rotatable bonds is 5. The second kappa shape index (κ2) is 7.60. The summed E-state index contributed by atoms with van der Waals surface area (Å²) in [5, 5.41) is 5.72. The normalized spacial score (nSPS) is 22.4. The number of allylic oxidation sites excluding steroid dienone is 3. The molecule has 0 saturated carbocycles. The van der Waals surface area contributed by atoms with Gasteiger partial charge in [-0.3, -0.25) is 5.01 Å². The Morgan fingerprint density at radius 3 is 2.72 bits per heavy atom. The zero-order valence-electron chi connectivity index (χ0n) is 18.1. The lowest BCUT2D eigenvalue weighted by molar-refractivity contribution is 0.390. The van der Waals surface area contributed by atoms with Crippen LogP contribution in [-0.2, 0) is 10.0 Å². The van der Waals surface area contributed by atoms with Crippen molar-refractivity contribution in [3.8, 4) is 0 Å². The van der Waals surface area contributed by atoms with Gasteiger partial charge in [0.25, 0.3) is 0 Å². The molecule has 9 heteroatoms. The maximum Gasteiger partial charge on any atom is 0.245 e. The van der Waals surface area contributed by atoms with Crippen molar-refractivity contribution in [2.24, 2.45) is 11.8 Å². The number of benzene rings is 1. The van der Waals surface area contributed by atoms with E-state index in [2.05, 4.69) is 28.3 Å². The van der Waals surface area contributed by atoms with Crippen LogP contribution in [0.2, 0.25) is 0 Å². The molecule has 2 atom stereocenters. The Labute approximate surface area is 186 Å². The van der Waals surface area contributed by atoms with Gasteiger partial charge in [-0.25, -0.2) is 17.5 Å². The van der Waals surface area contributed by atoms with Gasteiger partial charge in [-0.2, -0.15) is 0 Å². The van der Waals surface area contributed by atoms with E-state index in [9.17, 15) is 12.8 Å². The van der Waals surface area contributed by atoms with E-state index >= 15 is 0 Å². The Morgan fingerprint density at radius 2 is 2.03 bits per heavy atom. The molecule has 1 aromatic heterocycles. The molecule has 0 saturated heterocycles. The third kappa shape index (κ3) is 3.36. The molecule has 168 valence electrons. The lowest BCUT2D eigenvalue weighted by Gasteiger charge is -2.30. The van der Waals surface area contributed by atoms with Crippen molar-refractivity contribution in [3.05, 3.63) is 76.2 Å². The molecule has 0 fully saturated rings. The van der Waals surface area contributed by atoms with E-state index in [1.165, 1.54) is 23.3 Å². The molecule has 1 aromatic carbocycles. The van der Waals surface area contributed by atoms with Crippen LogP contribution in [0.3, 0.4) is 0 Å². The smallest absolute Gasteiger partial charge is 0.245 e. The number of nitrogens with zero attached hydrogens (tertiary/aromatic N) is 2. The van der Waals surface area contributed by atoms with Gasteiger partial charge in [0.15, 0.2) is 5.76 Å². The fraction of sp³-hybridized carbons (Fsp3) is 0.348. The molecule has 0 unspecified atom stereocenters. The summed E-state index contributed by atoms with van der Waals surface area (Å²) in [6, 6.07) is 6.39. The monoisotopic (exact) mass is 456 g/mol. The first-order chi connectivity index (χ1) is 15.3. The molecule has 1 aliphatic heterocycles. The molecular formula is C23H25FN4O3S. The Hall–Kier alpha value is -2.91. The van der Waals surface area contributed by atoms with Crippen LogP contribution >= 0.6 is 0 Å². The maximum atomic E-state index is 13.3. The van der Waals surface area contributed by atoms with Crippen molar-refractivity contribution in [1.82, 2.24) is 15.3 Å². The standard InChI is InChI=1S/C23H25FN4O3S/c1-13-20-12-25-28(19-8-6-18(24)7-9-19)21(20)10-16-4-5-17(22(13)16)11-26-32(29,30)23-14(2)27-31-15(23)3/h6-10,12-13,17,25-26H,4-5,11H2,1-3H3/t13-,17+/m0/s1. The fourth-order valence-corrected chi connectivity index (χ4v) is 6.48. The van der Waals surface area contributed by atoms with Gasteiger partial charge in [-0.15, -0.1) is 0 Å². The Morgan fingerprint density at radius 1 is 1.28 bits per heavy atom. The number of sulfonamides is 1. The van der Waals surface area contributed by atoms with Gasteiger partial charge in [0.2, 0.25) is 10.0 Å². The minimum absolute atomic E-state index is 0.119. The van der Waals surface area contributed by atoms with Crippen LogP contribution in [-0.4, -0.2) is 20.1 Å². The van der Waals surface area contributed by atoms with E-state index in [0.29, 0.717) is 18.0 Å². The molecule has 2 aromatic rings. The number of anilines is 1. The second-order valence-electron chi connectivity index (χ2n) is 8.51. The van der Waals surface area contributed by atoms with Crippen molar-refractivity contribution in [1.29, 1.82) is 0 Å². The van der Waals surface area contributed by atoms with Crippen molar-refractivity contribution < 1.29 is 17.3 Å². The molecule has 3 aliphatic rings. The number of hydrazine groups is 1. The predicted molar refractivity (Wildman–Crippen MR) is 118 cm³/mol. The van der Waals surface area contributed by atoms with Crippen LogP contribution in [0.1, 0.15) is 31.2 Å². The summed E-state index contributed by atoms with van der Waals surface area (Å²) in [5.41, 5.74) is 9.24. The summed E-state index contributed by atoms with van der Waals surface area (Å²) < 4.78 is 46.8. The first kappa shape index (κ1) is 21.0. The summed E-state index contributed by atoms with van der Waals surface area (Å²) >= 11 is 0. The van der Waals surface area contributed by atoms with Gasteiger partial charge in [0.1, 0.15) is 16.4 Å². The van der Waals surface area contributed by atoms with Crippen LogP contribution in [0.5, 0.6) is 0 Å². The quantitative estimate of drug-likeness (QED) is 0.711. The van der Waals surface area contributed by atoms with Crippen molar-refractivity contribution in [2.75, 3.05) is 11.6 Å². The van der Waals surface area contributed by atoms with E-state index < -0.39 is 10.0 Å². The Balaban J connectivity index is 1.38. The zero-order chi connectivity index (χ0) is 22.6. The summed E-state index contributed by atoms with van der Waals surface area (Å²) in [4.78, 5) is 0.126. The molecule has 0 radical (unpaired) electrons. The van der Waals surface area contributed by atoms with Crippen molar-refractivity contribution in [3.63, 3.8) is 0 Å². The zero-order valence-corrected chi connectivity index (χ0v) is 19.0. The Kier molecular flexibility index (Phi) is 4.98. The second-order valence-corrected chi connectivity index (χ2v) is 10.2.